The smallest absolute Gasteiger partial charge is 0.0738 e. The van der Waals surface area contributed by atoms with Crippen LogP contribution in [0.4, 0.5) is 0 Å². The van der Waals surface area contributed by atoms with Crippen LogP contribution in [0.2, 0.25) is 0 Å². The highest BCUT2D eigenvalue weighted by atomic mass is 79.9. The maximum Gasteiger partial charge on any atom is 0.0738 e. The molecule has 3 atom stereocenters. The Kier molecular flexibility index (Phi) is 5.08. The highest BCUT2D eigenvalue weighted by Crippen LogP contribution is 2.34. The molecule has 18 heavy (non-hydrogen) atoms. The largest absolute Gasteiger partial charge is 0.392 e. The zero-order valence-corrected chi connectivity index (χ0v) is 14.1. The van der Waals surface area contributed by atoms with Gasteiger partial charge in [0, 0.05) is 35.5 Å². The molecule has 3 nitrogen and oxygen atoms in total. The monoisotopic (exact) mass is 350 g/mol. The predicted octanol–water partition coefficient (Wildman–Crippen LogP) is 2.63. The summed E-state index contributed by atoms with van der Waals surface area (Å²) < 4.78 is 2.90. The van der Waals surface area contributed by atoms with Gasteiger partial charge in [-0.1, -0.05) is 6.92 Å². The van der Waals surface area contributed by atoms with Crippen LogP contribution in [0.1, 0.15) is 18.3 Å². The van der Waals surface area contributed by atoms with E-state index >= 15 is 0 Å². The fourth-order valence-corrected chi connectivity index (χ4v) is 5.63. The van der Waals surface area contributed by atoms with Gasteiger partial charge in [-0.25, -0.2) is 0 Å². The van der Waals surface area contributed by atoms with Gasteiger partial charge < -0.3 is 5.11 Å². The van der Waals surface area contributed by atoms with Gasteiger partial charge in [0.05, 0.1) is 22.0 Å². The van der Waals surface area contributed by atoms with Crippen LogP contribution >= 0.6 is 39.5 Å². The van der Waals surface area contributed by atoms with E-state index in [1.807, 2.05) is 42.2 Å². The Bertz CT molecular complexity index is 424. The molecule has 0 bridgehead atoms. The van der Waals surface area contributed by atoms with E-state index < -0.39 is 0 Å². The summed E-state index contributed by atoms with van der Waals surface area (Å²) in [5.74, 6) is 2.34. The van der Waals surface area contributed by atoms with Gasteiger partial charge in [0.25, 0.3) is 0 Å². The lowest BCUT2D eigenvalue weighted by Gasteiger charge is -2.31. The molecule has 2 rings (SSSR count). The first-order valence-electron chi connectivity index (χ1n) is 6.10. The number of aliphatic hydroxyl groups is 1. The molecule has 2 heterocycles. The normalized spacial score (nSPS) is 26.3. The SMILES string of the molecule is Cc1nn(C)c(CC(O)C2SCCSC2C)c1Br. The van der Waals surface area contributed by atoms with Crippen molar-refractivity contribution in [2.24, 2.45) is 7.05 Å². The Morgan fingerprint density at radius 2 is 2.17 bits per heavy atom. The Morgan fingerprint density at radius 1 is 1.50 bits per heavy atom. The van der Waals surface area contributed by atoms with Gasteiger partial charge in [0.1, 0.15) is 0 Å². The lowest BCUT2D eigenvalue weighted by molar-refractivity contribution is 0.168. The van der Waals surface area contributed by atoms with E-state index in [-0.39, 0.29) is 6.10 Å². The van der Waals surface area contributed by atoms with Gasteiger partial charge >= 0.3 is 0 Å². The molecule has 1 fully saturated rings. The minimum atomic E-state index is -0.302. The molecule has 0 spiro atoms. The zero-order valence-electron chi connectivity index (χ0n) is 10.9. The van der Waals surface area contributed by atoms with Crippen molar-refractivity contribution in [2.45, 2.75) is 36.9 Å². The third kappa shape index (κ3) is 3.08. The molecule has 0 aliphatic carbocycles. The number of rotatable bonds is 3. The second-order valence-electron chi connectivity index (χ2n) is 4.65. The summed E-state index contributed by atoms with van der Waals surface area (Å²) in [6.07, 6.45) is 0.365. The molecule has 102 valence electrons. The van der Waals surface area contributed by atoms with Crippen molar-refractivity contribution in [3.63, 3.8) is 0 Å². The summed E-state index contributed by atoms with van der Waals surface area (Å²) in [6.45, 7) is 4.20. The van der Waals surface area contributed by atoms with Crippen molar-refractivity contribution < 1.29 is 5.11 Å². The number of hydrogen-bond donors (Lipinski definition) is 1. The van der Waals surface area contributed by atoms with Crippen molar-refractivity contribution in [1.82, 2.24) is 9.78 Å². The van der Waals surface area contributed by atoms with E-state index in [1.54, 1.807) is 0 Å². The highest BCUT2D eigenvalue weighted by Gasteiger charge is 2.30. The molecule has 1 aliphatic rings. The first-order valence-corrected chi connectivity index (χ1v) is 8.99. The second kappa shape index (κ2) is 6.20. The van der Waals surface area contributed by atoms with E-state index in [0.717, 1.165) is 21.6 Å². The molecule has 0 saturated carbocycles. The van der Waals surface area contributed by atoms with Crippen LogP contribution in [-0.4, -0.2) is 43.0 Å². The molecule has 1 N–H and O–H groups in total. The average molecular weight is 351 g/mol. The van der Waals surface area contributed by atoms with Gasteiger partial charge in [-0.3, -0.25) is 4.68 Å². The van der Waals surface area contributed by atoms with E-state index in [1.165, 1.54) is 5.75 Å². The van der Waals surface area contributed by atoms with E-state index in [0.29, 0.717) is 16.9 Å². The summed E-state index contributed by atoms with van der Waals surface area (Å²) in [7, 11) is 1.94. The Balaban J connectivity index is 2.08. The molecule has 1 saturated heterocycles. The first-order chi connectivity index (χ1) is 8.50. The summed E-state index contributed by atoms with van der Waals surface area (Å²) in [4.78, 5) is 0. The number of aryl methyl sites for hydroxylation is 2. The lowest BCUT2D eigenvalue weighted by atomic mass is 10.1. The Hall–Kier alpha value is 0.350. The highest BCUT2D eigenvalue weighted by molar-refractivity contribution is 9.10. The zero-order chi connectivity index (χ0) is 13.3. The molecule has 1 aromatic heterocycles. The number of halogens is 1. The predicted molar refractivity (Wildman–Crippen MR) is 83.5 cm³/mol. The topological polar surface area (TPSA) is 38.0 Å². The molecule has 0 radical (unpaired) electrons. The van der Waals surface area contributed by atoms with Crippen LogP contribution in [0.5, 0.6) is 0 Å². The third-order valence-electron chi connectivity index (χ3n) is 3.28. The fraction of sp³-hybridized carbons (Fsp3) is 0.750. The van der Waals surface area contributed by atoms with Gasteiger partial charge in [-0.15, -0.1) is 0 Å². The standard InChI is InChI=1S/C12H19BrN2OS2/c1-7-11(13)9(15(3)14-7)6-10(16)12-8(2)17-4-5-18-12/h8,10,12,16H,4-6H2,1-3H3. The van der Waals surface area contributed by atoms with Gasteiger partial charge in [-0.2, -0.15) is 28.6 Å². The van der Waals surface area contributed by atoms with Crippen LogP contribution in [0.3, 0.4) is 0 Å². The fourth-order valence-electron chi connectivity index (χ4n) is 2.29. The van der Waals surface area contributed by atoms with Crippen molar-refractivity contribution in [3.8, 4) is 0 Å². The second-order valence-corrected chi connectivity index (χ2v) is 8.22. The van der Waals surface area contributed by atoms with Crippen LogP contribution in [0.25, 0.3) is 0 Å². The number of hydrogen-bond acceptors (Lipinski definition) is 4. The van der Waals surface area contributed by atoms with Gasteiger partial charge in [0.2, 0.25) is 0 Å². The van der Waals surface area contributed by atoms with Gasteiger partial charge in [-0.05, 0) is 22.9 Å². The molecule has 1 aliphatic heterocycles. The van der Waals surface area contributed by atoms with Crippen molar-refractivity contribution in [2.75, 3.05) is 11.5 Å². The van der Waals surface area contributed by atoms with E-state index in [9.17, 15) is 5.11 Å². The molecule has 3 unspecified atom stereocenters. The molecule has 6 heteroatoms. The maximum absolute atomic E-state index is 10.5. The van der Waals surface area contributed by atoms with Crippen molar-refractivity contribution in [3.05, 3.63) is 15.9 Å². The Labute approximate surface area is 125 Å². The average Bonchev–Trinajstić information content (AvgIpc) is 2.56. The van der Waals surface area contributed by atoms with Crippen LogP contribution in [0.15, 0.2) is 4.47 Å². The minimum absolute atomic E-state index is 0.302. The number of thioether (sulfide) groups is 2. The quantitative estimate of drug-likeness (QED) is 0.909. The minimum Gasteiger partial charge on any atom is -0.392 e. The molecular formula is C12H19BrN2OS2. The number of aliphatic hydroxyl groups excluding tert-OH is 1. The van der Waals surface area contributed by atoms with E-state index in [4.69, 9.17) is 0 Å². The molecular weight excluding hydrogens is 332 g/mol. The van der Waals surface area contributed by atoms with Gasteiger partial charge in [0.15, 0.2) is 0 Å². The number of nitrogens with zero attached hydrogens (tertiary/aromatic N) is 2. The maximum atomic E-state index is 10.5. The summed E-state index contributed by atoms with van der Waals surface area (Å²) >= 11 is 7.43. The molecule has 0 aromatic carbocycles. The first kappa shape index (κ1) is 14.8. The summed E-state index contributed by atoms with van der Waals surface area (Å²) in [5.41, 5.74) is 2.07. The third-order valence-corrected chi connectivity index (χ3v) is 7.55. The Morgan fingerprint density at radius 3 is 2.72 bits per heavy atom. The number of aromatic nitrogens is 2. The van der Waals surface area contributed by atoms with Crippen molar-refractivity contribution >= 4 is 39.5 Å². The molecule has 0 amide bonds. The van der Waals surface area contributed by atoms with E-state index in [2.05, 4.69) is 28.0 Å². The summed E-state index contributed by atoms with van der Waals surface area (Å²) in [5, 5.41) is 15.7. The van der Waals surface area contributed by atoms with Crippen LogP contribution in [0, 0.1) is 6.92 Å². The van der Waals surface area contributed by atoms with Crippen LogP contribution in [-0.2, 0) is 13.5 Å². The van der Waals surface area contributed by atoms with Crippen LogP contribution < -0.4 is 0 Å². The lowest BCUT2D eigenvalue weighted by Crippen LogP contribution is -2.36. The molecule has 1 aromatic rings. The summed E-state index contributed by atoms with van der Waals surface area (Å²) in [6, 6.07) is 0. The van der Waals surface area contributed by atoms with Crippen molar-refractivity contribution in [1.29, 1.82) is 0 Å².